The molecule has 0 atom stereocenters. The maximum atomic E-state index is 12.0. The minimum absolute atomic E-state index is 0.134. The molecule has 2 rings (SSSR count). The first-order valence-electron chi connectivity index (χ1n) is 6.87. The average Bonchev–Trinajstić information content (AvgIpc) is 2.48. The van der Waals surface area contributed by atoms with Crippen LogP contribution in [0.15, 0.2) is 48.5 Å². The van der Waals surface area contributed by atoms with Crippen molar-refractivity contribution in [1.82, 2.24) is 5.32 Å². The Kier molecular flexibility index (Phi) is 5.23. The van der Waals surface area contributed by atoms with Crippen LogP contribution in [0.5, 0.6) is 0 Å². The molecule has 2 aromatic rings. The summed E-state index contributed by atoms with van der Waals surface area (Å²) in [5, 5.41) is 3.37. The van der Waals surface area contributed by atoms with Gasteiger partial charge in [-0.1, -0.05) is 35.9 Å². The van der Waals surface area contributed by atoms with E-state index in [1.165, 1.54) is 11.3 Å². The largest absolute Gasteiger partial charge is 0.378 e. The van der Waals surface area contributed by atoms with Crippen LogP contribution < -0.4 is 10.2 Å². The summed E-state index contributed by atoms with van der Waals surface area (Å²) in [5.74, 6) is -0.134. The third kappa shape index (κ3) is 4.23. The smallest absolute Gasteiger partial charge is 0.252 e. The van der Waals surface area contributed by atoms with Gasteiger partial charge >= 0.3 is 0 Å². The predicted octanol–water partition coefficient (Wildman–Crippen LogP) is 3.38. The van der Waals surface area contributed by atoms with Crippen molar-refractivity contribution in [1.29, 1.82) is 0 Å². The van der Waals surface area contributed by atoms with Gasteiger partial charge in [-0.25, -0.2) is 0 Å². The van der Waals surface area contributed by atoms with Gasteiger partial charge in [0, 0.05) is 26.3 Å². The molecule has 0 spiro atoms. The first-order valence-corrected chi connectivity index (χ1v) is 7.24. The van der Waals surface area contributed by atoms with E-state index in [4.69, 9.17) is 11.6 Å². The van der Waals surface area contributed by atoms with Crippen molar-refractivity contribution in [3.8, 4) is 0 Å². The number of rotatable bonds is 5. The van der Waals surface area contributed by atoms with Crippen molar-refractivity contribution >= 4 is 23.2 Å². The van der Waals surface area contributed by atoms with Gasteiger partial charge in [0.1, 0.15) is 0 Å². The summed E-state index contributed by atoms with van der Waals surface area (Å²) in [6.45, 7) is 0.589. The van der Waals surface area contributed by atoms with E-state index in [0.717, 1.165) is 6.42 Å². The highest BCUT2D eigenvalue weighted by atomic mass is 35.5. The van der Waals surface area contributed by atoms with Crippen molar-refractivity contribution in [2.75, 3.05) is 25.5 Å². The van der Waals surface area contributed by atoms with Gasteiger partial charge in [-0.05, 0) is 36.2 Å². The Balaban J connectivity index is 1.87. The number of halogens is 1. The SMILES string of the molecule is CN(C)c1ccc(CCNC(=O)c2ccccc2Cl)cc1. The summed E-state index contributed by atoms with van der Waals surface area (Å²) in [6, 6.07) is 15.4. The number of benzene rings is 2. The van der Waals surface area contributed by atoms with Crippen LogP contribution in [-0.4, -0.2) is 26.5 Å². The maximum Gasteiger partial charge on any atom is 0.252 e. The fraction of sp³-hybridized carbons (Fsp3) is 0.235. The molecule has 1 amide bonds. The van der Waals surface area contributed by atoms with Crippen molar-refractivity contribution in [2.45, 2.75) is 6.42 Å². The second-order valence-electron chi connectivity index (χ2n) is 5.05. The number of carbonyl (C=O) groups is 1. The molecule has 0 bridgehead atoms. The van der Waals surface area contributed by atoms with Gasteiger partial charge < -0.3 is 10.2 Å². The number of hydrogen-bond donors (Lipinski definition) is 1. The molecular weight excluding hydrogens is 284 g/mol. The van der Waals surface area contributed by atoms with Crippen LogP contribution in [0.1, 0.15) is 15.9 Å². The molecule has 0 fully saturated rings. The van der Waals surface area contributed by atoms with Crippen LogP contribution in [0.4, 0.5) is 5.69 Å². The van der Waals surface area contributed by atoms with Gasteiger partial charge in [0.25, 0.3) is 5.91 Å². The molecule has 0 radical (unpaired) electrons. The van der Waals surface area contributed by atoms with E-state index in [2.05, 4.69) is 34.5 Å². The number of anilines is 1. The molecule has 0 aliphatic carbocycles. The molecule has 0 aromatic heterocycles. The van der Waals surface area contributed by atoms with Crippen molar-refractivity contribution in [2.24, 2.45) is 0 Å². The molecule has 4 heteroatoms. The van der Waals surface area contributed by atoms with E-state index in [9.17, 15) is 4.79 Å². The summed E-state index contributed by atoms with van der Waals surface area (Å²) >= 11 is 6.00. The second-order valence-corrected chi connectivity index (χ2v) is 5.45. The number of carbonyl (C=O) groups excluding carboxylic acids is 1. The Morgan fingerprint density at radius 2 is 1.76 bits per heavy atom. The van der Waals surface area contributed by atoms with Crippen molar-refractivity contribution in [3.63, 3.8) is 0 Å². The molecule has 21 heavy (non-hydrogen) atoms. The Morgan fingerprint density at radius 1 is 1.10 bits per heavy atom. The van der Waals surface area contributed by atoms with E-state index < -0.39 is 0 Å². The van der Waals surface area contributed by atoms with Crippen LogP contribution in [0, 0.1) is 0 Å². The normalized spacial score (nSPS) is 10.2. The lowest BCUT2D eigenvalue weighted by Gasteiger charge is -2.12. The molecule has 0 heterocycles. The maximum absolute atomic E-state index is 12.0. The molecule has 0 saturated carbocycles. The molecule has 0 aliphatic heterocycles. The molecule has 3 nitrogen and oxygen atoms in total. The highest BCUT2D eigenvalue weighted by molar-refractivity contribution is 6.33. The number of nitrogens with zero attached hydrogens (tertiary/aromatic N) is 1. The molecular formula is C17H19ClN2O. The van der Waals surface area contributed by atoms with Crippen molar-refractivity contribution in [3.05, 3.63) is 64.7 Å². The Labute approximate surface area is 130 Å². The lowest BCUT2D eigenvalue weighted by Crippen LogP contribution is -2.25. The van der Waals surface area contributed by atoms with Crippen molar-refractivity contribution < 1.29 is 4.79 Å². The summed E-state index contributed by atoms with van der Waals surface area (Å²) in [5.41, 5.74) is 2.88. The zero-order valence-corrected chi connectivity index (χ0v) is 13.0. The standard InChI is InChI=1S/C17H19ClN2O/c1-20(2)14-9-7-13(8-10-14)11-12-19-17(21)15-5-3-4-6-16(15)18/h3-10H,11-12H2,1-2H3,(H,19,21). The number of hydrogen-bond acceptors (Lipinski definition) is 2. The molecule has 2 aromatic carbocycles. The molecule has 0 saturated heterocycles. The van der Waals surface area contributed by atoms with Gasteiger partial charge in [0.15, 0.2) is 0 Å². The van der Waals surface area contributed by atoms with Crippen LogP contribution in [0.3, 0.4) is 0 Å². The van der Waals surface area contributed by atoms with Crippen LogP contribution in [0.25, 0.3) is 0 Å². The van der Waals surface area contributed by atoms with Gasteiger partial charge in [0.2, 0.25) is 0 Å². The fourth-order valence-electron chi connectivity index (χ4n) is 2.02. The minimum atomic E-state index is -0.134. The third-order valence-electron chi connectivity index (χ3n) is 3.27. The van der Waals surface area contributed by atoms with E-state index >= 15 is 0 Å². The van der Waals surface area contributed by atoms with Gasteiger partial charge in [0.05, 0.1) is 10.6 Å². The van der Waals surface area contributed by atoms with Gasteiger partial charge in [-0.2, -0.15) is 0 Å². The zero-order chi connectivity index (χ0) is 15.2. The molecule has 1 N–H and O–H groups in total. The van der Waals surface area contributed by atoms with E-state index in [-0.39, 0.29) is 5.91 Å². The lowest BCUT2D eigenvalue weighted by atomic mass is 10.1. The highest BCUT2D eigenvalue weighted by Crippen LogP contribution is 2.15. The summed E-state index contributed by atoms with van der Waals surface area (Å²) in [4.78, 5) is 14.1. The van der Waals surface area contributed by atoms with Crippen LogP contribution in [0.2, 0.25) is 5.02 Å². The second kappa shape index (κ2) is 7.14. The molecule has 0 unspecified atom stereocenters. The predicted molar refractivity (Wildman–Crippen MR) is 88.3 cm³/mol. The monoisotopic (exact) mass is 302 g/mol. The van der Waals surface area contributed by atoms with Gasteiger partial charge in [-0.15, -0.1) is 0 Å². The number of nitrogens with one attached hydrogen (secondary N) is 1. The topological polar surface area (TPSA) is 32.3 Å². The van der Waals surface area contributed by atoms with E-state index in [1.54, 1.807) is 18.2 Å². The van der Waals surface area contributed by atoms with Crippen LogP contribution >= 0.6 is 11.6 Å². The molecule has 0 aliphatic rings. The van der Waals surface area contributed by atoms with E-state index in [0.29, 0.717) is 17.1 Å². The first-order chi connectivity index (χ1) is 10.1. The quantitative estimate of drug-likeness (QED) is 0.918. The summed E-state index contributed by atoms with van der Waals surface area (Å²) < 4.78 is 0. The zero-order valence-electron chi connectivity index (χ0n) is 12.3. The number of amides is 1. The third-order valence-corrected chi connectivity index (χ3v) is 3.60. The summed E-state index contributed by atoms with van der Waals surface area (Å²) in [6.07, 6.45) is 0.796. The van der Waals surface area contributed by atoms with Gasteiger partial charge in [-0.3, -0.25) is 4.79 Å². The highest BCUT2D eigenvalue weighted by Gasteiger charge is 2.08. The van der Waals surface area contributed by atoms with Crippen LogP contribution in [-0.2, 0) is 6.42 Å². The minimum Gasteiger partial charge on any atom is -0.378 e. The Morgan fingerprint density at radius 3 is 2.38 bits per heavy atom. The average molecular weight is 303 g/mol. The molecule has 110 valence electrons. The first kappa shape index (κ1) is 15.4. The Hall–Kier alpha value is -2.00. The van der Waals surface area contributed by atoms with E-state index in [1.807, 2.05) is 20.2 Å². The summed E-state index contributed by atoms with van der Waals surface area (Å²) in [7, 11) is 4.03. The fourth-order valence-corrected chi connectivity index (χ4v) is 2.24. The lowest BCUT2D eigenvalue weighted by molar-refractivity contribution is 0.0954. The Bertz CT molecular complexity index is 608.